The Morgan fingerprint density at radius 3 is 2.81 bits per heavy atom. The molecular weight excluding hydrogens is 208 g/mol. The Hall–Kier alpha value is -1.82. The molecule has 6 heteroatoms. The first-order chi connectivity index (χ1) is 7.86. The summed E-state index contributed by atoms with van der Waals surface area (Å²) < 4.78 is 9.97. The fourth-order valence-electron chi connectivity index (χ4n) is 1.94. The van der Waals surface area contributed by atoms with Gasteiger partial charge in [0.15, 0.2) is 5.52 Å². The van der Waals surface area contributed by atoms with Gasteiger partial charge in [0, 0.05) is 13.1 Å². The molecule has 0 bridgehead atoms. The Morgan fingerprint density at radius 2 is 2.00 bits per heavy atom. The summed E-state index contributed by atoms with van der Waals surface area (Å²) in [5, 5.41) is 7.56. The normalized spacial score (nSPS) is 16.9. The summed E-state index contributed by atoms with van der Waals surface area (Å²) in [7, 11) is 0. The van der Waals surface area contributed by atoms with Crippen LogP contribution >= 0.6 is 0 Å². The quantitative estimate of drug-likeness (QED) is 0.711. The number of nitrogen functional groups attached to an aromatic ring is 1. The molecule has 0 aliphatic carbocycles. The highest BCUT2D eigenvalue weighted by molar-refractivity contribution is 5.93. The van der Waals surface area contributed by atoms with Gasteiger partial charge in [0.1, 0.15) is 5.52 Å². The smallest absolute Gasteiger partial charge is 0.160 e. The fourth-order valence-corrected chi connectivity index (χ4v) is 1.94. The van der Waals surface area contributed by atoms with Gasteiger partial charge in [-0.1, -0.05) is 0 Å². The Kier molecular flexibility index (Phi) is 2.14. The van der Waals surface area contributed by atoms with Gasteiger partial charge in [-0.25, -0.2) is 4.63 Å². The monoisotopic (exact) mass is 220 g/mol. The molecule has 1 saturated heterocycles. The highest BCUT2D eigenvalue weighted by Gasteiger charge is 2.16. The first kappa shape index (κ1) is 9.41. The molecule has 6 nitrogen and oxygen atoms in total. The number of morpholine rings is 1. The van der Waals surface area contributed by atoms with Gasteiger partial charge in [0.25, 0.3) is 0 Å². The summed E-state index contributed by atoms with van der Waals surface area (Å²) in [5.41, 5.74) is 8.97. The van der Waals surface area contributed by atoms with Crippen LogP contribution in [0.2, 0.25) is 0 Å². The third kappa shape index (κ3) is 1.38. The van der Waals surface area contributed by atoms with E-state index < -0.39 is 0 Å². The van der Waals surface area contributed by atoms with Crippen molar-refractivity contribution in [3.8, 4) is 0 Å². The van der Waals surface area contributed by atoms with Crippen molar-refractivity contribution < 1.29 is 9.37 Å². The van der Waals surface area contributed by atoms with Gasteiger partial charge in [-0.05, 0) is 22.4 Å². The molecule has 0 atom stereocenters. The first-order valence-corrected chi connectivity index (χ1v) is 5.20. The van der Waals surface area contributed by atoms with Crippen LogP contribution < -0.4 is 10.6 Å². The molecule has 1 aromatic heterocycles. The Labute approximate surface area is 91.9 Å². The van der Waals surface area contributed by atoms with E-state index in [0.29, 0.717) is 16.7 Å². The Bertz CT molecular complexity index is 504. The van der Waals surface area contributed by atoms with Crippen molar-refractivity contribution in [2.24, 2.45) is 0 Å². The molecule has 0 radical (unpaired) electrons. The minimum Gasteiger partial charge on any atom is -0.395 e. The van der Waals surface area contributed by atoms with E-state index in [9.17, 15) is 0 Å². The molecule has 1 aliphatic rings. The predicted octanol–water partition coefficient (Wildman–Crippen LogP) is 0.642. The zero-order valence-electron chi connectivity index (χ0n) is 8.72. The third-order valence-electron chi connectivity index (χ3n) is 2.80. The minimum atomic E-state index is 0.626. The number of aromatic nitrogens is 2. The summed E-state index contributed by atoms with van der Waals surface area (Å²) in [5.74, 6) is 0. The first-order valence-electron chi connectivity index (χ1n) is 5.20. The number of nitrogens with two attached hydrogens (primary N) is 1. The van der Waals surface area contributed by atoms with Crippen molar-refractivity contribution in [3.63, 3.8) is 0 Å². The fraction of sp³-hybridized carbons (Fsp3) is 0.400. The lowest BCUT2D eigenvalue weighted by Crippen LogP contribution is -2.36. The van der Waals surface area contributed by atoms with Crippen molar-refractivity contribution in [2.75, 3.05) is 36.9 Å². The number of rotatable bonds is 1. The van der Waals surface area contributed by atoms with Crippen LogP contribution in [0.1, 0.15) is 0 Å². The molecular formula is C10H12N4O2. The number of anilines is 2. The molecule has 1 fully saturated rings. The highest BCUT2D eigenvalue weighted by atomic mass is 16.6. The van der Waals surface area contributed by atoms with Crippen molar-refractivity contribution in [1.82, 2.24) is 10.3 Å². The summed E-state index contributed by atoms with van der Waals surface area (Å²) in [6, 6.07) is 3.82. The van der Waals surface area contributed by atoms with Crippen LogP contribution in [0.3, 0.4) is 0 Å². The van der Waals surface area contributed by atoms with Gasteiger partial charge >= 0.3 is 0 Å². The van der Waals surface area contributed by atoms with E-state index in [0.717, 1.165) is 32.0 Å². The SMILES string of the molecule is Nc1c(N2CCOCC2)ccc2nonc12. The second kappa shape index (κ2) is 3.64. The third-order valence-corrected chi connectivity index (χ3v) is 2.80. The molecule has 0 amide bonds. The number of fused-ring (bicyclic) bond motifs is 1. The highest BCUT2D eigenvalue weighted by Crippen LogP contribution is 2.29. The van der Waals surface area contributed by atoms with Crippen LogP contribution in [0, 0.1) is 0 Å². The minimum absolute atomic E-state index is 0.626. The van der Waals surface area contributed by atoms with Crippen LogP contribution in [0.4, 0.5) is 11.4 Å². The average molecular weight is 220 g/mol. The van der Waals surface area contributed by atoms with E-state index in [1.165, 1.54) is 0 Å². The van der Waals surface area contributed by atoms with E-state index in [1.807, 2.05) is 12.1 Å². The standard InChI is InChI=1S/C10H12N4O2/c11-9-8(14-3-5-15-6-4-14)2-1-7-10(9)13-16-12-7/h1-2H,3-6,11H2. The lowest BCUT2D eigenvalue weighted by atomic mass is 10.2. The molecule has 0 spiro atoms. The molecule has 16 heavy (non-hydrogen) atoms. The largest absolute Gasteiger partial charge is 0.395 e. The number of benzene rings is 1. The zero-order chi connectivity index (χ0) is 11.0. The number of ether oxygens (including phenoxy) is 1. The predicted molar refractivity (Wildman–Crippen MR) is 59.2 cm³/mol. The van der Waals surface area contributed by atoms with Gasteiger partial charge < -0.3 is 15.4 Å². The topological polar surface area (TPSA) is 77.4 Å². The van der Waals surface area contributed by atoms with E-state index in [1.54, 1.807) is 0 Å². The Morgan fingerprint density at radius 1 is 1.19 bits per heavy atom. The van der Waals surface area contributed by atoms with Crippen molar-refractivity contribution in [1.29, 1.82) is 0 Å². The maximum absolute atomic E-state index is 6.05. The lowest BCUT2D eigenvalue weighted by Gasteiger charge is -2.29. The molecule has 0 saturated carbocycles. The van der Waals surface area contributed by atoms with Crippen LogP contribution in [0.5, 0.6) is 0 Å². The number of hydrogen-bond donors (Lipinski definition) is 1. The summed E-state index contributed by atoms with van der Waals surface area (Å²) in [4.78, 5) is 2.19. The molecule has 2 heterocycles. The van der Waals surface area contributed by atoms with Crippen molar-refractivity contribution in [2.45, 2.75) is 0 Å². The molecule has 3 rings (SSSR count). The summed E-state index contributed by atoms with van der Waals surface area (Å²) in [6.45, 7) is 3.16. The van der Waals surface area contributed by atoms with Crippen molar-refractivity contribution in [3.05, 3.63) is 12.1 Å². The summed E-state index contributed by atoms with van der Waals surface area (Å²) in [6.07, 6.45) is 0. The molecule has 1 aromatic carbocycles. The molecule has 2 aromatic rings. The number of hydrogen-bond acceptors (Lipinski definition) is 6. The van der Waals surface area contributed by atoms with Gasteiger partial charge in [0.05, 0.1) is 24.6 Å². The van der Waals surface area contributed by atoms with Gasteiger partial charge in [-0.2, -0.15) is 0 Å². The van der Waals surface area contributed by atoms with Crippen molar-refractivity contribution >= 4 is 22.4 Å². The molecule has 84 valence electrons. The Balaban J connectivity index is 2.05. The van der Waals surface area contributed by atoms with E-state index in [2.05, 4.69) is 19.8 Å². The molecule has 1 aliphatic heterocycles. The van der Waals surface area contributed by atoms with Crippen LogP contribution in [0.15, 0.2) is 16.8 Å². The van der Waals surface area contributed by atoms with E-state index >= 15 is 0 Å². The molecule has 0 unspecified atom stereocenters. The second-order valence-corrected chi connectivity index (χ2v) is 3.73. The van der Waals surface area contributed by atoms with Crippen LogP contribution in [-0.4, -0.2) is 36.6 Å². The van der Waals surface area contributed by atoms with Gasteiger partial charge in [-0.15, -0.1) is 0 Å². The van der Waals surface area contributed by atoms with Crippen LogP contribution in [-0.2, 0) is 4.74 Å². The summed E-state index contributed by atoms with van der Waals surface area (Å²) >= 11 is 0. The van der Waals surface area contributed by atoms with Gasteiger partial charge in [0.2, 0.25) is 0 Å². The van der Waals surface area contributed by atoms with E-state index in [4.69, 9.17) is 10.5 Å². The van der Waals surface area contributed by atoms with E-state index in [-0.39, 0.29) is 0 Å². The second-order valence-electron chi connectivity index (χ2n) is 3.73. The number of nitrogens with zero attached hydrogens (tertiary/aromatic N) is 3. The maximum atomic E-state index is 6.05. The molecule has 2 N–H and O–H groups in total. The average Bonchev–Trinajstić information content (AvgIpc) is 2.80. The zero-order valence-corrected chi connectivity index (χ0v) is 8.72. The van der Waals surface area contributed by atoms with Gasteiger partial charge in [-0.3, -0.25) is 0 Å². The maximum Gasteiger partial charge on any atom is 0.160 e. The lowest BCUT2D eigenvalue weighted by molar-refractivity contribution is 0.123. The van der Waals surface area contributed by atoms with Crippen LogP contribution in [0.25, 0.3) is 11.0 Å².